The fraction of sp³-hybridized carbons (Fsp3) is 0. The zero-order valence-corrected chi connectivity index (χ0v) is 10.0. The molecule has 3 nitrogen and oxygen atoms in total. The van der Waals surface area contributed by atoms with E-state index in [1.807, 2.05) is 18.2 Å². The van der Waals surface area contributed by atoms with Gasteiger partial charge in [-0.1, -0.05) is 11.6 Å². The van der Waals surface area contributed by atoms with Crippen LogP contribution in [-0.2, 0) is 0 Å². The fourth-order valence-corrected chi connectivity index (χ4v) is 1.99. The maximum absolute atomic E-state index is 10.7. The Labute approximate surface area is 108 Å². The Morgan fingerprint density at radius 3 is 2.89 bits per heavy atom. The quantitative estimate of drug-likeness (QED) is 0.653. The maximum atomic E-state index is 10.7. The second-order valence-corrected chi connectivity index (χ2v) is 4.35. The standard InChI is InChI=1S/C14H8ClNO2/c15-12-1-2-13-10(4-12)5-14(18-13)11-3-9(8-17)6-16-7-11/h1-8H. The highest BCUT2D eigenvalue weighted by Gasteiger charge is 2.07. The third-order valence-electron chi connectivity index (χ3n) is 2.66. The molecule has 0 atom stereocenters. The van der Waals surface area contributed by atoms with Crippen LogP contribution in [0.3, 0.4) is 0 Å². The number of pyridine rings is 1. The number of halogens is 1. The minimum absolute atomic E-state index is 0.519. The van der Waals surface area contributed by atoms with E-state index >= 15 is 0 Å². The molecule has 0 aliphatic heterocycles. The first kappa shape index (κ1) is 11.0. The number of furan rings is 1. The summed E-state index contributed by atoms with van der Waals surface area (Å²) in [4.78, 5) is 14.7. The predicted molar refractivity (Wildman–Crippen MR) is 69.8 cm³/mol. The molecule has 0 unspecified atom stereocenters. The van der Waals surface area contributed by atoms with E-state index in [1.54, 1.807) is 18.3 Å². The first-order valence-electron chi connectivity index (χ1n) is 5.36. The van der Waals surface area contributed by atoms with Crippen LogP contribution in [0.5, 0.6) is 0 Å². The molecule has 1 aromatic carbocycles. The summed E-state index contributed by atoms with van der Waals surface area (Å²) >= 11 is 5.92. The first-order valence-corrected chi connectivity index (χ1v) is 5.74. The van der Waals surface area contributed by atoms with Crippen LogP contribution in [0.4, 0.5) is 0 Å². The second-order valence-electron chi connectivity index (χ2n) is 3.92. The van der Waals surface area contributed by atoms with Crippen molar-refractivity contribution in [3.8, 4) is 11.3 Å². The molecule has 2 heterocycles. The summed E-state index contributed by atoms with van der Waals surface area (Å²) in [5.74, 6) is 0.670. The second kappa shape index (κ2) is 4.27. The Kier molecular flexibility index (Phi) is 2.61. The molecule has 0 aliphatic rings. The lowest BCUT2D eigenvalue weighted by Crippen LogP contribution is -1.83. The van der Waals surface area contributed by atoms with E-state index in [9.17, 15) is 4.79 Å². The monoisotopic (exact) mass is 257 g/mol. The van der Waals surface area contributed by atoms with Crippen LogP contribution >= 0.6 is 11.6 Å². The Balaban J connectivity index is 2.15. The Morgan fingerprint density at radius 1 is 1.17 bits per heavy atom. The van der Waals surface area contributed by atoms with Gasteiger partial charge in [0, 0.05) is 33.9 Å². The molecule has 0 amide bonds. The summed E-state index contributed by atoms with van der Waals surface area (Å²) in [5, 5.41) is 1.59. The number of benzene rings is 1. The van der Waals surface area contributed by atoms with Crippen molar-refractivity contribution in [2.24, 2.45) is 0 Å². The number of rotatable bonds is 2. The minimum Gasteiger partial charge on any atom is -0.456 e. The lowest BCUT2D eigenvalue weighted by atomic mass is 10.1. The molecular weight excluding hydrogens is 250 g/mol. The molecule has 0 saturated carbocycles. The molecule has 0 fully saturated rings. The highest BCUT2D eigenvalue weighted by atomic mass is 35.5. The molecule has 0 bridgehead atoms. The van der Waals surface area contributed by atoms with Crippen molar-refractivity contribution in [3.05, 3.63) is 53.3 Å². The van der Waals surface area contributed by atoms with Crippen molar-refractivity contribution < 1.29 is 9.21 Å². The maximum Gasteiger partial charge on any atom is 0.151 e. The number of aldehydes is 1. The van der Waals surface area contributed by atoms with Gasteiger partial charge in [-0.15, -0.1) is 0 Å². The molecule has 0 N–H and O–H groups in total. The predicted octanol–water partition coefficient (Wildman–Crippen LogP) is 3.96. The van der Waals surface area contributed by atoms with E-state index in [0.717, 1.165) is 22.8 Å². The molecule has 2 aromatic heterocycles. The highest BCUT2D eigenvalue weighted by molar-refractivity contribution is 6.31. The van der Waals surface area contributed by atoms with Gasteiger partial charge in [-0.3, -0.25) is 9.78 Å². The average Bonchev–Trinajstić information content (AvgIpc) is 2.81. The van der Waals surface area contributed by atoms with Gasteiger partial charge in [0.2, 0.25) is 0 Å². The normalized spacial score (nSPS) is 10.7. The number of nitrogens with zero attached hydrogens (tertiary/aromatic N) is 1. The summed E-state index contributed by atoms with van der Waals surface area (Å²) < 4.78 is 5.69. The number of carbonyl (C=O) groups excluding carboxylic acids is 1. The van der Waals surface area contributed by atoms with Crippen LogP contribution in [0.1, 0.15) is 10.4 Å². The topological polar surface area (TPSA) is 43.1 Å². The number of aromatic nitrogens is 1. The van der Waals surface area contributed by atoms with Gasteiger partial charge < -0.3 is 4.42 Å². The summed E-state index contributed by atoms with van der Waals surface area (Å²) in [6.45, 7) is 0. The summed E-state index contributed by atoms with van der Waals surface area (Å²) in [7, 11) is 0. The van der Waals surface area contributed by atoms with Crippen LogP contribution in [0, 0.1) is 0 Å². The Hall–Kier alpha value is -2.13. The van der Waals surface area contributed by atoms with Gasteiger partial charge in [-0.25, -0.2) is 0 Å². The third kappa shape index (κ3) is 1.89. The summed E-state index contributed by atoms with van der Waals surface area (Å²) in [6.07, 6.45) is 3.93. The minimum atomic E-state index is 0.519. The highest BCUT2D eigenvalue weighted by Crippen LogP contribution is 2.29. The van der Waals surface area contributed by atoms with E-state index in [0.29, 0.717) is 16.3 Å². The van der Waals surface area contributed by atoms with Gasteiger partial charge in [0.1, 0.15) is 11.3 Å². The smallest absolute Gasteiger partial charge is 0.151 e. The van der Waals surface area contributed by atoms with E-state index in [2.05, 4.69) is 4.98 Å². The Morgan fingerprint density at radius 2 is 2.06 bits per heavy atom. The fourth-order valence-electron chi connectivity index (χ4n) is 1.81. The van der Waals surface area contributed by atoms with Crippen LogP contribution in [0.2, 0.25) is 5.02 Å². The van der Waals surface area contributed by atoms with Gasteiger partial charge in [-0.05, 0) is 30.3 Å². The first-order chi connectivity index (χ1) is 8.76. The van der Waals surface area contributed by atoms with Crippen molar-refractivity contribution in [3.63, 3.8) is 0 Å². The van der Waals surface area contributed by atoms with Crippen molar-refractivity contribution >= 4 is 28.9 Å². The van der Waals surface area contributed by atoms with Gasteiger partial charge >= 0.3 is 0 Å². The number of carbonyl (C=O) groups is 1. The molecule has 0 spiro atoms. The van der Waals surface area contributed by atoms with Crippen LogP contribution in [-0.4, -0.2) is 11.3 Å². The van der Waals surface area contributed by atoms with E-state index in [4.69, 9.17) is 16.0 Å². The van der Waals surface area contributed by atoms with Gasteiger partial charge in [0.25, 0.3) is 0 Å². The zero-order chi connectivity index (χ0) is 12.5. The summed E-state index contributed by atoms with van der Waals surface area (Å²) in [5.41, 5.74) is 2.05. The molecule has 0 aliphatic carbocycles. The zero-order valence-electron chi connectivity index (χ0n) is 9.26. The molecule has 88 valence electrons. The largest absolute Gasteiger partial charge is 0.456 e. The van der Waals surface area contributed by atoms with E-state index in [1.165, 1.54) is 6.20 Å². The molecule has 0 radical (unpaired) electrons. The lowest BCUT2D eigenvalue weighted by molar-refractivity contribution is 0.112. The van der Waals surface area contributed by atoms with Crippen LogP contribution < -0.4 is 0 Å². The molecule has 18 heavy (non-hydrogen) atoms. The van der Waals surface area contributed by atoms with Gasteiger partial charge in [0.05, 0.1) is 0 Å². The van der Waals surface area contributed by atoms with Crippen molar-refractivity contribution in [1.82, 2.24) is 4.98 Å². The average molecular weight is 258 g/mol. The summed E-state index contributed by atoms with van der Waals surface area (Å²) in [6, 6.07) is 9.04. The number of hydrogen-bond donors (Lipinski definition) is 0. The van der Waals surface area contributed by atoms with Crippen LogP contribution in [0.25, 0.3) is 22.3 Å². The number of fused-ring (bicyclic) bond motifs is 1. The van der Waals surface area contributed by atoms with Crippen molar-refractivity contribution in [2.75, 3.05) is 0 Å². The lowest BCUT2D eigenvalue weighted by Gasteiger charge is -1.95. The van der Waals surface area contributed by atoms with Crippen molar-refractivity contribution in [2.45, 2.75) is 0 Å². The molecular formula is C14H8ClNO2. The number of hydrogen-bond acceptors (Lipinski definition) is 3. The van der Waals surface area contributed by atoms with Gasteiger partial charge in [0.15, 0.2) is 6.29 Å². The van der Waals surface area contributed by atoms with Gasteiger partial charge in [-0.2, -0.15) is 0 Å². The van der Waals surface area contributed by atoms with E-state index < -0.39 is 0 Å². The SMILES string of the molecule is O=Cc1cncc(-c2cc3cc(Cl)ccc3o2)c1. The van der Waals surface area contributed by atoms with Crippen molar-refractivity contribution in [1.29, 1.82) is 0 Å². The molecule has 4 heteroatoms. The molecule has 0 saturated heterocycles. The molecule has 3 aromatic rings. The third-order valence-corrected chi connectivity index (χ3v) is 2.89. The Bertz CT molecular complexity index is 733. The molecule has 3 rings (SSSR count). The van der Waals surface area contributed by atoms with Crippen LogP contribution in [0.15, 0.2) is 47.1 Å². The van der Waals surface area contributed by atoms with E-state index in [-0.39, 0.29) is 0 Å².